The predicted molar refractivity (Wildman–Crippen MR) is 103 cm³/mol. The van der Waals surface area contributed by atoms with E-state index in [9.17, 15) is 13.2 Å². The lowest BCUT2D eigenvalue weighted by atomic mass is 9.85. The Morgan fingerprint density at radius 1 is 1.42 bits per heavy atom. The number of carbonyl (C=O) groups excluding carboxylic acids is 1. The van der Waals surface area contributed by atoms with E-state index in [-0.39, 0.29) is 10.8 Å². The zero-order valence-corrected chi connectivity index (χ0v) is 16.4. The van der Waals surface area contributed by atoms with E-state index in [0.29, 0.717) is 31.3 Å². The fourth-order valence-electron chi connectivity index (χ4n) is 3.98. The van der Waals surface area contributed by atoms with Gasteiger partial charge in [-0.2, -0.15) is 0 Å². The van der Waals surface area contributed by atoms with Crippen molar-refractivity contribution in [3.63, 3.8) is 0 Å². The maximum Gasteiger partial charge on any atom is 0.240 e. The Morgan fingerprint density at radius 3 is 2.92 bits per heavy atom. The molecule has 1 aromatic rings. The van der Waals surface area contributed by atoms with Crippen molar-refractivity contribution >= 4 is 21.6 Å². The fraction of sp³-hybridized carbons (Fsp3) is 0.632. The smallest absolute Gasteiger partial charge is 0.240 e. The molecule has 0 radical (unpaired) electrons. The number of rotatable bonds is 6. The molecular weight excluding hydrogens is 350 g/mol. The van der Waals surface area contributed by atoms with Gasteiger partial charge in [-0.15, -0.1) is 0 Å². The number of amides is 1. The first-order valence-corrected chi connectivity index (χ1v) is 11.0. The molecule has 0 aromatic heterocycles. The summed E-state index contributed by atoms with van der Waals surface area (Å²) >= 11 is 0. The second-order valence-corrected chi connectivity index (χ2v) is 9.14. The molecule has 2 aliphatic heterocycles. The van der Waals surface area contributed by atoms with Crippen LogP contribution in [-0.4, -0.2) is 40.5 Å². The average molecular weight is 380 g/mol. The SMILES string of the molecule is CCNS(=O)(=O)c1ccc2c(c1)N(C(=O)CC(C)C1CCCNC1)CC2. The van der Waals surface area contributed by atoms with Crippen LogP contribution >= 0.6 is 0 Å². The molecule has 26 heavy (non-hydrogen) atoms. The molecule has 0 saturated carbocycles. The Kier molecular flexibility index (Phi) is 5.99. The Balaban J connectivity index is 1.74. The molecule has 2 N–H and O–H groups in total. The van der Waals surface area contributed by atoms with Gasteiger partial charge in [-0.25, -0.2) is 13.1 Å². The van der Waals surface area contributed by atoms with Crippen molar-refractivity contribution in [1.82, 2.24) is 10.0 Å². The number of sulfonamides is 1. The van der Waals surface area contributed by atoms with Crippen molar-refractivity contribution < 1.29 is 13.2 Å². The Hall–Kier alpha value is -1.44. The molecule has 1 fully saturated rings. The minimum Gasteiger partial charge on any atom is -0.316 e. The lowest BCUT2D eigenvalue weighted by molar-refractivity contribution is -0.119. The van der Waals surface area contributed by atoms with Gasteiger partial charge in [-0.1, -0.05) is 19.9 Å². The number of carbonyl (C=O) groups is 1. The number of nitrogens with zero attached hydrogens (tertiary/aromatic N) is 1. The number of hydrogen-bond acceptors (Lipinski definition) is 4. The van der Waals surface area contributed by atoms with Crippen LogP contribution in [0.5, 0.6) is 0 Å². The Morgan fingerprint density at radius 2 is 2.23 bits per heavy atom. The quantitative estimate of drug-likeness (QED) is 0.791. The molecule has 2 aliphatic rings. The average Bonchev–Trinajstić information content (AvgIpc) is 3.05. The van der Waals surface area contributed by atoms with Crippen LogP contribution in [0, 0.1) is 11.8 Å². The van der Waals surface area contributed by atoms with Crippen LogP contribution < -0.4 is 14.9 Å². The first-order valence-electron chi connectivity index (χ1n) is 9.56. The van der Waals surface area contributed by atoms with Crippen LogP contribution in [0.15, 0.2) is 23.1 Å². The summed E-state index contributed by atoms with van der Waals surface area (Å²) in [6, 6.07) is 5.10. The largest absolute Gasteiger partial charge is 0.316 e. The monoisotopic (exact) mass is 379 g/mol. The van der Waals surface area contributed by atoms with Crippen LogP contribution in [0.25, 0.3) is 0 Å². The summed E-state index contributed by atoms with van der Waals surface area (Å²) in [6.07, 6.45) is 3.63. The first kappa shape index (κ1) is 19.3. The molecule has 2 unspecified atom stereocenters. The predicted octanol–water partition coefficient (Wildman–Crippen LogP) is 1.90. The molecular formula is C19H29N3O3S. The van der Waals surface area contributed by atoms with Gasteiger partial charge in [0.1, 0.15) is 0 Å². The second-order valence-electron chi connectivity index (χ2n) is 7.38. The Bertz CT molecular complexity index is 757. The Labute approximate surface area is 156 Å². The van der Waals surface area contributed by atoms with E-state index in [1.54, 1.807) is 24.0 Å². The van der Waals surface area contributed by atoms with E-state index in [0.717, 1.165) is 30.8 Å². The van der Waals surface area contributed by atoms with E-state index in [4.69, 9.17) is 0 Å². The molecule has 2 heterocycles. The van der Waals surface area contributed by atoms with E-state index >= 15 is 0 Å². The number of benzene rings is 1. The molecule has 1 aromatic carbocycles. The maximum absolute atomic E-state index is 12.9. The zero-order chi connectivity index (χ0) is 18.7. The van der Waals surface area contributed by atoms with Crippen LogP contribution in [0.4, 0.5) is 5.69 Å². The van der Waals surface area contributed by atoms with Gasteiger partial charge in [0.15, 0.2) is 0 Å². The third kappa shape index (κ3) is 4.10. The summed E-state index contributed by atoms with van der Waals surface area (Å²) < 4.78 is 27.1. The van der Waals surface area contributed by atoms with Gasteiger partial charge in [-0.05, 0) is 61.9 Å². The van der Waals surface area contributed by atoms with Crippen molar-refractivity contribution in [2.24, 2.45) is 11.8 Å². The molecule has 2 atom stereocenters. The van der Waals surface area contributed by atoms with Crippen molar-refractivity contribution in [2.45, 2.75) is 44.4 Å². The van der Waals surface area contributed by atoms with E-state index in [2.05, 4.69) is 17.0 Å². The standard InChI is InChI=1S/C19H29N3O3S/c1-3-21-26(24,25)17-7-6-15-8-10-22(18(15)12-17)19(23)11-14(2)16-5-4-9-20-13-16/h6-7,12,14,16,20-21H,3-5,8-11,13H2,1-2H3. The summed E-state index contributed by atoms with van der Waals surface area (Å²) in [5.74, 6) is 0.961. The molecule has 0 spiro atoms. The molecule has 0 aliphatic carbocycles. The summed E-state index contributed by atoms with van der Waals surface area (Å²) in [5, 5.41) is 3.41. The maximum atomic E-state index is 12.9. The molecule has 1 saturated heterocycles. The van der Waals surface area contributed by atoms with Crippen LogP contribution in [0.3, 0.4) is 0 Å². The zero-order valence-electron chi connectivity index (χ0n) is 15.6. The third-order valence-corrected chi connectivity index (χ3v) is 7.08. The minimum atomic E-state index is -3.52. The van der Waals surface area contributed by atoms with Gasteiger partial charge in [-0.3, -0.25) is 4.79 Å². The van der Waals surface area contributed by atoms with Crippen molar-refractivity contribution in [1.29, 1.82) is 0 Å². The van der Waals surface area contributed by atoms with Gasteiger partial charge in [0.25, 0.3) is 0 Å². The highest BCUT2D eigenvalue weighted by Gasteiger charge is 2.29. The normalized spacial score (nSPS) is 21.5. The van der Waals surface area contributed by atoms with E-state index in [1.807, 2.05) is 6.07 Å². The lowest BCUT2D eigenvalue weighted by Gasteiger charge is -2.29. The second kappa shape index (κ2) is 8.06. The summed E-state index contributed by atoms with van der Waals surface area (Å²) in [7, 11) is -3.52. The van der Waals surface area contributed by atoms with Gasteiger partial charge in [0.05, 0.1) is 4.90 Å². The molecule has 0 bridgehead atoms. The highest BCUT2D eigenvalue weighted by molar-refractivity contribution is 7.89. The van der Waals surface area contributed by atoms with Gasteiger partial charge in [0.2, 0.25) is 15.9 Å². The highest BCUT2D eigenvalue weighted by Crippen LogP contribution is 2.32. The molecule has 144 valence electrons. The van der Waals surface area contributed by atoms with Gasteiger partial charge < -0.3 is 10.2 Å². The number of anilines is 1. The first-order chi connectivity index (χ1) is 12.4. The number of hydrogen-bond donors (Lipinski definition) is 2. The summed E-state index contributed by atoms with van der Waals surface area (Å²) in [5.41, 5.74) is 1.80. The number of fused-ring (bicyclic) bond motifs is 1. The van der Waals surface area contributed by atoms with Crippen molar-refractivity contribution in [3.8, 4) is 0 Å². The minimum absolute atomic E-state index is 0.0971. The van der Waals surface area contributed by atoms with Crippen LogP contribution in [-0.2, 0) is 21.2 Å². The third-order valence-electron chi connectivity index (χ3n) is 5.53. The number of nitrogens with one attached hydrogen (secondary N) is 2. The summed E-state index contributed by atoms with van der Waals surface area (Å²) in [6.45, 7) is 6.93. The molecule has 7 heteroatoms. The topological polar surface area (TPSA) is 78.5 Å². The molecule has 6 nitrogen and oxygen atoms in total. The van der Waals surface area contributed by atoms with Gasteiger partial charge in [0, 0.05) is 25.2 Å². The highest BCUT2D eigenvalue weighted by atomic mass is 32.2. The summed E-state index contributed by atoms with van der Waals surface area (Å²) in [4.78, 5) is 14.9. The molecule has 3 rings (SSSR count). The van der Waals surface area contributed by atoms with E-state index in [1.165, 1.54) is 12.8 Å². The lowest BCUT2D eigenvalue weighted by Crippen LogP contribution is -2.36. The van der Waals surface area contributed by atoms with Gasteiger partial charge >= 0.3 is 0 Å². The fourth-order valence-corrected chi connectivity index (χ4v) is 5.04. The van der Waals surface area contributed by atoms with Crippen LogP contribution in [0.1, 0.15) is 38.7 Å². The van der Waals surface area contributed by atoms with E-state index < -0.39 is 10.0 Å². The van der Waals surface area contributed by atoms with Crippen molar-refractivity contribution in [2.75, 3.05) is 31.1 Å². The number of piperidine rings is 1. The molecule has 1 amide bonds. The van der Waals surface area contributed by atoms with Crippen molar-refractivity contribution in [3.05, 3.63) is 23.8 Å². The van der Waals surface area contributed by atoms with Crippen LogP contribution in [0.2, 0.25) is 0 Å².